The number of aromatic nitrogens is 1. The third-order valence-electron chi connectivity index (χ3n) is 2.78. The molecular weight excluding hydrogens is 222 g/mol. The number of ether oxygens (including phenoxy) is 1. The summed E-state index contributed by atoms with van der Waals surface area (Å²) in [5, 5.41) is 12.2. The minimum atomic E-state index is -0.838. The van der Waals surface area contributed by atoms with Gasteiger partial charge in [-0.1, -0.05) is 0 Å². The summed E-state index contributed by atoms with van der Waals surface area (Å²) in [6.07, 6.45) is 1.59. The molecule has 6 nitrogen and oxygen atoms in total. The Morgan fingerprint density at radius 2 is 2.47 bits per heavy atom. The zero-order valence-corrected chi connectivity index (χ0v) is 9.59. The molecule has 1 aromatic heterocycles. The molecule has 1 unspecified atom stereocenters. The second kappa shape index (κ2) is 5.01. The standard InChI is InChI=1S/C11H15N3O3/c1-17-8-2-3-10(13-6-8)14-5-4-12-7-9(14)11(15)16/h2-3,6,9,12H,4-5,7H2,1H3,(H,15,16). The van der Waals surface area contributed by atoms with Crippen LogP contribution in [-0.4, -0.2) is 48.8 Å². The minimum absolute atomic E-state index is 0.434. The maximum atomic E-state index is 11.1. The van der Waals surface area contributed by atoms with E-state index in [1.54, 1.807) is 30.3 Å². The Labute approximate surface area is 99.2 Å². The average molecular weight is 237 g/mol. The molecule has 92 valence electrons. The predicted octanol–water partition coefficient (Wildman–Crippen LogP) is -0.0470. The van der Waals surface area contributed by atoms with E-state index in [9.17, 15) is 4.79 Å². The van der Waals surface area contributed by atoms with Crippen LogP contribution in [0.4, 0.5) is 5.82 Å². The lowest BCUT2D eigenvalue weighted by Crippen LogP contribution is -2.55. The second-order valence-corrected chi connectivity index (χ2v) is 3.81. The van der Waals surface area contributed by atoms with Crippen LogP contribution in [0.1, 0.15) is 0 Å². The molecule has 0 amide bonds. The third-order valence-corrected chi connectivity index (χ3v) is 2.78. The number of carbonyl (C=O) groups is 1. The van der Waals surface area contributed by atoms with Gasteiger partial charge in [-0.25, -0.2) is 9.78 Å². The van der Waals surface area contributed by atoms with Crippen molar-refractivity contribution in [2.45, 2.75) is 6.04 Å². The van der Waals surface area contributed by atoms with Gasteiger partial charge in [-0.15, -0.1) is 0 Å². The van der Waals surface area contributed by atoms with Gasteiger partial charge in [-0.2, -0.15) is 0 Å². The molecule has 6 heteroatoms. The van der Waals surface area contributed by atoms with Crippen molar-refractivity contribution in [3.05, 3.63) is 18.3 Å². The first-order chi connectivity index (χ1) is 8.22. The van der Waals surface area contributed by atoms with E-state index < -0.39 is 12.0 Å². The fourth-order valence-corrected chi connectivity index (χ4v) is 1.86. The molecule has 2 N–H and O–H groups in total. The van der Waals surface area contributed by atoms with Crippen LogP contribution in [0.5, 0.6) is 5.75 Å². The number of methoxy groups -OCH3 is 1. The van der Waals surface area contributed by atoms with Gasteiger partial charge >= 0.3 is 5.97 Å². The van der Waals surface area contributed by atoms with E-state index >= 15 is 0 Å². The van der Waals surface area contributed by atoms with Gasteiger partial charge in [0.15, 0.2) is 0 Å². The number of carboxylic acid groups (broad SMARTS) is 1. The highest BCUT2D eigenvalue weighted by molar-refractivity contribution is 5.78. The van der Waals surface area contributed by atoms with Crippen molar-refractivity contribution in [3.63, 3.8) is 0 Å². The van der Waals surface area contributed by atoms with Crippen LogP contribution in [0.3, 0.4) is 0 Å². The van der Waals surface area contributed by atoms with Crippen LogP contribution in [0.15, 0.2) is 18.3 Å². The third kappa shape index (κ3) is 2.47. The smallest absolute Gasteiger partial charge is 0.327 e. The summed E-state index contributed by atoms with van der Waals surface area (Å²) in [5.74, 6) is 0.491. The molecule has 0 aliphatic carbocycles. The van der Waals surface area contributed by atoms with E-state index in [4.69, 9.17) is 9.84 Å². The first kappa shape index (κ1) is 11.7. The molecule has 0 saturated carbocycles. The molecule has 1 aliphatic rings. The predicted molar refractivity (Wildman–Crippen MR) is 62.4 cm³/mol. The molecular formula is C11H15N3O3. The first-order valence-electron chi connectivity index (χ1n) is 5.42. The Morgan fingerprint density at radius 1 is 1.65 bits per heavy atom. The zero-order chi connectivity index (χ0) is 12.3. The number of rotatable bonds is 3. The average Bonchev–Trinajstić information content (AvgIpc) is 2.39. The Kier molecular flexibility index (Phi) is 3.43. The zero-order valence-electron chi connectivity index (χ0n) is 9.59. The lowest BCUT2D eigenvalue weighted by molar-refractivity contribution is -0.138. The fourth-order valence-electron chi connectivity index (χ4n) is 1.86. The van der Waals surface area contributed by atoms with Gasteiger partial charge in [0.25, 0.3) is 0 Å². The molecule has 0 spiro atoms. The highest BCUT2D eigenvalue weighted by atomic mass is 16.5. The van der Waals surface area contributed by atoms with E-state index in [2.05, 4.69) is 10.3 Å². The molecule has 0 bridgehead atoms. The van der Waals surface area contributed by atoms with E-state index in [0.717, 1.165) is 6.54 Å². The topological polar surface area (TPSA) is 74.7 Å². The highest BCUT2D eigenvalue weighted by Gasteiger charge is 2.29. The summed E-state index contributed by atoms with van der Waals surface area (Å²) >= 11 is 0. The maximum absolute atomic E-state index is 11.1. The molecule has 2 rings (SSSR count). The molecule has 1 saturated heterocycles. The Morgan fingerprint density at radius 3 is 3.06 bits per heavy atom. The molecule has 2 heterocycles. The van der Waals surface area contributed by atoms with Gasteiger partial charge in [0.1, 0.15) is 17.6 Å². The maximum Gasteiger partial charge on any atom is 0.327 e. The number of nitrogens with zero attached hydrogens (tertiary/aromatic N) is 2. The van der Waals surface area contributed by atoms with Crippen molar-refractivity contribution in [2.75, 3.05) is 31.6 Å². The largest absolute Gasteiger partial charge is 0.495 e. The summed E-state index contributed by atoms with van der Waals surface area (Å²) in [6.45, 7) is 1.83. The van der Waals surface area contributed by atoms with E-state index in [1.807, 2.05) is 0 Å². The normalized spacial score (nSPS) is 20.1. The lowest BCUT2D eigenvalue weighted by Gasteiger charge is -2.34. The van der Waals surface area contributed by atoms with Crippen LogP contribution < -0.4 is 15.0 Å². The number of aliphatic carboxylic acids is 1. The van der Waals surface area contributed by atoms with Crippen molar-refractivity contribution in [1.82, 2.24) is 10.3 Å². The van der Waals surface area contributed by atoms with Gasteiger partial charge in [-0.05, 0) is 12.1 Å². The monoisotopic (exact) mass is 237 g/mol. The summed E-state index contributed by atoms with van der Waals surface area (Å²) in [6, 6.07) is 2.99. The summed E-state index contributed by atoms with van der Waals surface area (Å²) in [5.41, 5.74) is 0. The molecule has 1 aliphatic heterocycles. The molecule has 1 aromatic rings. The van der Waals surface area contributed by atoms with E-state index in [0.29, 0.717) is 24.7 Å². The molecule has 1 fully saturated rings. The number of hydrogen-bond donors (Lipinski definition) is 2. The summed E-state index contributed by atoms with van der Waals surface area (Å²) in [7, 11) is 1.57. The van der Waals surface area contributed by atoms with Crippen LogP contribution in [-0.2, 0) is 4.79 Å². The number of piperazine rings is 1. The number of hydrogen-bond acceptors (Lipinski definition) is 5. The van der Waals surface area contributed by atoms with Crippen LogP contribution in [0.2, 0.25) is 0 Å². The lowest BCUT2D eigenvalue weighted by atomic mass is 10.2. The van der Waals surface area contributed by atoms with Gasteiger partial charge in [0.2, 0.25) is 0 Å². The van der Waals surface area contributed by atoms with Crippen LogP contribution in [0.25, 0.3) is 0 Å². The molecule has 0 radical (unpaired) electrons. The second-order valence-electron chi connectivity index (χ2n) is 3.81. The number of anilines is 1. The van der Waals surface area contributed by atoms with Crippen LogP contribution >= 0.6 is 0 Å². The highest BCUT2D eigenvalue weighted by Crippen LogP contribution is 2.18. The first-order valence-corrected chi connectivity index (χ1v) is 5.42. The SMILES string of the molecule is COc1ccc(N2CCNCC2C(=O)O)nc1. The van der Waals surface area contributed by atoms with Crippen molar-refractivity contribution in [2.24, 2.45) is 0 Å². The summed E-state index contributed by atoms with van der Waals surface area (Å²) in [4.78, 5) is 17.1. The van der Waals surface area contributed by atoms with E-state index in [-0.39, 0.29) is 0 Å². The van der Waals surface area contributed by atoms with Crippen molar-refractivity contribution in [1.29, 1.82) is 0 Å². The van der Waals surface area contributed by atoms with Gasteiger partial charge < -0.3 is 20.1 Å². The summed E-state index contributed by atoms with van der Waals surface area (Å²) < 4.78 is 5.02. The quantitative estimate of drug-likeness (QED) is 0.768. The number of carboxylic acids is 1. The Hall–Kier alpha value is -1.82. The Bertz CT molecular complexity index is 393. The van der Waals surface area contributed by atoms with Crippen molar-refractivity contribution in [3.8, 4) is 5.75 Å². The van der Waals surface area contributed by atoms with Gasteiger partial charge in [0.05, 0.1) is 13.3 Å². The molecule has 17 heavy (non-hydrogen) atoms. The van der Waals surface area contributed by atoms with Gasteiger partial charge in [-0.3, -0.25) is 0 Å². The molecule has 0 aromatic carbocycles. The van der Waals surface area contributed by atoms with Crippen LogP contribution in [0, 0.1) is 0 Å². The van der Waals surface area contributed by atoms with Crippen molar-refractivity contribution < 1.29 is 14.6 Å². The fraction of sp³-hybridized carbons (Fsp3) is 0.455. The minimum Gasteiger partial charge on any atom is -0.495 e. The van der Waals surface area contributed by atoms with Gasteiger partial charge in [0, 0.05) is 19.6 Å². The molecule has 1 atom stereocenters. The van der Waals surface area contributed by atoms with Crippen molar-refractivity contribution >= 4 is 11.8 Å². The number of pyridine rings is 1. The number of nitrogens with one attached hydrogen (secondary N) is 1. The van der Waals surface area contributed by atoms with E-state index in [1.165, 1.54) is 0 Å². The Balaban J connectivity index is 2.20.